The van der Waals surface area contributed by atoms with Gasteiger partial charge in [0.2, 0.25) is 0 Å². The predicted molar refractivity (Wildman–Crippen MR) is 69.6 cm³/mol. The maximum absolute atomic E-state index is 12.9. The molecule has 5 heteroatoms. The van der Waals surface area contributed by atoms with Gasteiger partial charge in [0.25, 0.3) is 0 Å². The third kappa shape index (κ3) is 2.08. The molecule has 1 unspecified atom stereocenters. The number of fused-ring (bicyclic) bond motifs is 3. The van der Waals surface area contributed by atoms with Crippen molar-refractivity contribution in [2.24, 2.45) is 5.92 Å². The Kier molecular flexibility index (Phi) is 2.93. The van der Waals surface area contributed by atoms with Crippen molar-refractivity contribution < 1.29 is 14.3 Å². The molecule has 1 atom stereocenters. The van der Waals surface area contributed by atoms with E-state index in [1.165, 1.54) is 12.1 Å². The molecule has 3 aliphatic rings. The Labute approximate surface area is 111 Å². The van der Waals surface area contributed by atoms with Crippen LogP contribution in [-0.4, -0.2) is 41.1 Å². The third-order valence-corrected chi connectivity index (χ3v) is 4.35. The lowest BCUT2D eigenvalue weighted by Gasteiger charge is -2.51. The average Bonchev–Trinajstić information content (AvgIpc) is 2.42. The summed E-state index contributed by atoms with van der Waals surface area (Å²) >= 11 is 0. The monoisotopic (exact) mass is 264 g/mol. The molecule has 0 aromatic heterocycles. The number of hydrogen-bond donors (Lipinski definition) is 2. The number of halogens is 1. The summed E-state index contributed by atoms with van der Waals surface area (Å²) in [5.74, 6) is -0.991. The van der Waals surface area contributed by atoms with Gasteiger partial charge in [0.1, 0.15) is 5.82 Å². The van der Waals surface area contributed by atoms with Crippen LogP contribution in [0.5, 0.6) is 0 Å². The van der Waals surface area contributed by atoms with Gasteiger partial charge in [0, 0.05) is 12.2 Å². The minimum atomic E-state index is -0.936. The van der Waals surface area contributed by atoms with Crippen LogP contribution in [0, 0.1) is 11.7 Å². The number of benzene rings is 1. The topological polar surface area (TPSA) is 52.6 Å². The molecule has 3 heterocycles. The second-order valence-electron chi connectivity index (χ2n) is 5.46. The van der Waals surface area contributed by atoms with Crippen LogP contribution in [0.25, 0.3) is 0 Å². The van der Waals surface area contributed by atoms with Crippen molar-refractivity contribution in [2.45, 2.75) is 18.4 Å². The molecule has 3 fully saturated rings. The van der Waals surface area contributed by atoms with Gasteiger partial charge in [-0.3, -0.25) is 0 Å². The number of carboxylic acids is 1. The van der Waals surface area contributed by atoms with E-state index in [-0.39, 0.29) is 11.7 Å². The van der Waals surface area contributed by atoms with E-state index in [1.807, 2.05) is 0 Å². The highest BCUT2D eigenvalue weighted by atomic mass is 19.1. The summed E-state index contributed by atoms with van der Waals surface area (Å²) in [4.78, 5) is 14.0. The van der Waals surface area contributed by atoms with Gasteiger partial charge in [-0.15, -0.1) is 0 Å². The number of carboxylic acid groups (broad SMARTS) is 1. The molecule has 102 valence electrons. The molecule has 4 nitrogen and oxygen atoms in total. The van der Waals surface area contributed by atoms with Gasteiger partial charge in [-0.05, 0) is 56.1 Å². The number of anilines is 1. The predicted octanol–water partition coefficient (Wildman–Crippen LogP) is 1.79. The van der Waals surface area contributed by atoms with E-state index in [0.717, 1.165) is 25.9 Å². The minimum Gasteiger partial charge on any atom is -0.479 e. The van der Waals surface area contributed by atoms with E-state index in [4.69, 9.17) is 0 Å². The van der Waals surface area contributed by atoms with Crippen molar-refractivity contribution in [1.29, 1.82) is 0 Å². The molecule has 0 spiro atoms. The number of nitrogens with one attached hydrogen (secondary N) is 1. The van der Waals surface area contributed by atoms with Gasteiger partial charge < -0.3 is 15.3 Å². The van der Waals surface area contributed by atoms with Gasteiger partial charge >= 0.3 is 5.97 Å². The smallest absolute Gasteiger partial charge is 0.330 e. The van der Waals surface area contributed by atoms with Crippen molar-refractivity contribution in [3.05, 3.63) is 30.1 Å². The number of hydrogen-bond acceptors (Lipinski definition) is 3. The van der Waals surface area contributed by atoms with E-state index in [2.05, 4.69) is 10.2 Å². The molecule has 0 saturated carbocycles. The quantitative estimate of drug-likeness (QED) is 0.874. The first-order valence-electron chi connectivity index (χ1n) is 6.60. The zero-order valence-corrected chi connectivity index (χ0v) is 10.6. The zero-order chi connectivity index (χ0) is 13.5. The van der Waals surface area contributed by atoms with Crippen molar-refractivity contribution >= 4 is 11.7 Å². The number of nitrogens with zero attached hydrogens (tertiary/aromatic N) is 1. The maximum atomic E-state index is 12.9. The lowest BCUT2D eigenvalue weighted by Crippen LogP contribution is -2.66. The highest BCUT2D eigenvalue weighted by Crippen LogP contribution is 2.38. The van der Waals surface area contributed by atoms with E-state index >= 15 is 0 Å². The normalized spacial score (nSPS) is 33.1. The van der Waals surface area contributed by atoms with Crippen LogP contribution in [0.2, 0.25) is 0 Å². The molecule has 2 N–H and O–H groups in total. The van der Waals surface area contributed by atoms with Gasteiger partial charge in [-0.2, -0.15) is 0 Å². The Balaban J connectivity index is 1.89. The zero-order valence-electron chi connectivity index (χ0n) is 10.6. The van der Waals surface area contributed by atoms with E-state index < -0.39 is 11.5 Å². The molecule has 1 aromatic carbocycles. The molecule has 4 rings (SSSR count). The SMILES string of the molecule is O=C(O)C1(Nc2ccc(F)cc2)CN2CCC1CC2. The summed E-state index contributed by atoms with van der Waals surface area (Å²) in [5, 5.41) is 12.8. The van der Waals surface area contributed by atoms with E-state index in [1.54, 1.807) is 12.1 Å². The average molecular weight is 264 g/mol. The summed E-state index contributed by atoms with van der Waals surface area (Å²) in [6.07, 6.45) is 1.81. The molecule has 3 saturated heterocycles. The van der Waals surface area contributed by atoms with E-state index in [0.29, 0.717) is 12.2 Å². The Morgan fingerprint density at radius 2 is 1.95 bits per heavy atom. The standard InChI is InChI=1S/C14H17FN2O2/c15-11-1-3-12(4-2-11)16-14(13(18)19)9-17-7-5-10(14)6-8-17/h1-4,10,16H,5-9H2,(H,18,19). The first kappa shape index (κ1) is 12.4. The molecule has 3 aliphatic heterocycles. The van der Waals surface area contributed by atoms with Crippen molar-refractivity contribution in [2.75, 3.05) is 25.0 Å². The summed E-state index contributed by atoms with van der Waals surface area (Å²) in [6.45, 7) is 2.47. The van der Waals surface area contributed by atoms with E-state index in [9.17, 15) is 14.3 Å². The van der Waals surface area contributed by atoms with Crippen molar-refractivity contribution in [1.82, 2.24) is 4.90 Å². The number of piperidine rings is 3. The Hall–Kier alpha value is -1.62. The number of aliphatic carboxylic acids is 1. The Morgan fingerprint density at radius 3 is 2.42 bits per heavy atom. The first-order valence-corrected chi connectivity index (χ1v) is 6.60. The second-order valence-corrected chi connectivity index (χ2v) is 5.46. The number of rotatable bonds is 3. The van der Waals surface area contributed by atoms with Crippen LogP contribution in [0.4, 0.5) is 10.1 Å². The first-order chi connectivity index (χ1) is 9.10. The van der Waals surface area contributed by atoms with Crippen LogP contribution >= 0.6 is 0 Å². The molecule has 0 radical (unpaired) electrons. The molecule has 0 aliphatic carbocycles. The van der Waals surface area contributed by atoms with Crippen molar-refractivity contribution in [3.63, 3.8) is 0 Å². The molecular weight excluding hydrogens is 247 g/mol. The van der Waals surface area contributed by atoms with Crippen LogP contribution in [-0.2, 0) is 4.79 Å². The molecule has 0 amide bonds. The van der Waals surface area contributed by atoms with Crippen LogP contribution < -0.4 is 5.32 Å². The highest BCUT2D eigenvalue weighted by molar-refractivity contribution is 5.84. The lowest BCUT2D eigenvalue weighted by molar-refractivity contribution is -0.149. The minimum absolute atomic E-state index is 0.139. The van der Waals surface area contributed by atoms with Gasteiger partial charge in [-0.1, -0.05) is 0 Å². The molecule has 1 aromatic rings. The lowest BCUT2D eigenvalue weighted by atomic mass is 9.72. The van der Waals surface area contributed by atoms with Gasteiger partial charge in [0.15, 0.2) is 5.54 Å². The fourth-order valence-corrected chi connectivity index (χ4v) is 3.29. The van der Waals surface area contributed by atoms with Crippen LogP contribution in [0.15, 0.2) is 24.3 Å². The fourth-order valence-electron chi connectivity index (χ4n) is 3.29. The third-order valence-electron chi connectivity index (χ3n) is 4.35. The summed E-state index contributed by atoms with van der Waals surface area (Å²) in [6, 6.07) is 5.88. The summed E-state index contributed by atoms with van der Waals surface area (Å²) in [7, 11) is 0. The van der Waals surface area contributed by atoms with Crippen LogP contribution in [0.1, 0.15) is 12.8 Å². The largest absolute Gasteiger partial charge is 0.479 e. The Bertz CT molecular complexity index is 483. The molecular formula is C14H17FN2O2. The second kappa shape index (κ2) is 4.49. The van der Waals surface area contributed by atoms with Gasteiger partial charge in [0.05, 0.1) is 0 Å². The maximum Gasteiger partial charge on any atom is 0.330 e. The highest BCUT2D eigenvalue weighted by Gasteiger charge is 2.52. The van der Waals surface area contributed by atoms with Gasteiger partial charge in [-0.25, -0.2) is 9.18 Å². The summed E-state index contributed by atoms with van der Waals surface area (Å²) < 4.78 is 12.9. The fraction of sp³-hybridized carbons (Fsp3) is 0.500. The Morgan fingerprint density at radius 1 is 1.32 bits per heavy atom. The molecule has 2 bridgehead atoms. The summed E-state index contributed by atoms with van der Waals surface area (Å²) in [5.41, 5.74) is -0.272. The van der Waals surface area contributed by atoms with Crippen molar-refractivity contribution in [3.8, 4) is 0 Å². The molecule has 19 heavy (non-hydrogen) atoms. The number of carbonyl (C=O) groups is 1. The van der Waals surface area contributed by atoms with Crippen LogP contribution in [0.3, 0.4) is 0 Å².